The highest BCUT2D eigenvalue weighted by Crippen LogP contribution is 2.31. The van der Waals surface area contributed by atoms with Crippen molar-refractivity contribution in [2.45, 2.75) is 24.0 Å². The van der Waals surface area contributed by atoms with E-state index < -0.39 is 10.0 Å². The van der Waals surface area contributed by atoms with E-state index in [0.29, 0.717) is 56.4 Å². The van der Waals surface area contributed by atoms with Gasteiger partial charge in [0.15, 0.2) is 0 Å². The summed E-state index contributed by atoms with van der Waals surface area (Å²) in [7, 11) is -2.02. The van der Waals surface area contributed by atoms with Gasteiger partial charge in [0.25, 0.3) is 10.0 Å². The molecule has 2 aromatic rings. The number of hydrogen-bond donors (Lipinski definition) is 1. The Bertz CT molecular complexity index is 884. The van der Waals surface area contributed by atoms with Gasteiger partial charge in [0.05, 0.1) is 6.61 Å². The molecule has 0 atom stereocenters. The maximum Gasteiger partial charge on any atom is 0.252 e. The predicted octanol–water partition coefficient (Wildman–Crippen LogP) is 1.27. The van der Waals surface area contributed by atoms with E-state index in [1.807, 2.05) is 0 Å². The van der Waals surface area contributed by atoms with Gasteiger partial charge in [-0.25, -0.2) is 8.42 Å². The molecule has 1 amide bonds. The lowest BCUT2D eigenvalue weighted by atomic mass is 9.97. The smallest absolute Gasteiger partial charge is 0.252 e. The third kappa shape index (κ3) is 4.54. The summed E-state index contributed by atoms with van der Waals surface area (Å²) in [6.45, 7) is 3.23. The first-order chi connectivity index (χ1) is 12.9. The van der Waals surface area contributed by atoms with E-state index in [-0.39, 0.29) is 16.0 Å². The van der Waals surface area contributed by atoms with Gasteiger partial charge in [-0.1, -0.05) is 5.16 Å². The second-order valence-corrected chi connectivity index (χ2v) is 9.33. The molecule has 0 spiro atoms. The van der Waals surface area contributed by atoms with Gasteiger partial charge < -0.3 is 14.6 Å². The molecule has 1 fully saturated rings. The average molecular weight is 415 g/mol. The van der Waals surface area contributed by atoms with Gasteiger partial charge in [0.1, 0.15) is 4.21 Å². The summed E-state index contributed by atoms with van der Waals surface area (Å²) in [6.07, 6.45) is 1.00. The number of thiophene rings is 1. The number of aryl methyl sites for hydroxylation is 1. The highest BCUT2D eigenvalue weighted by Gasteiger charge is 2.33. The molecule has 3 rings (SSSR count). The summed E-state index contributed by atoms with van der Waals surface area (Å²) in [5, 5.41) is 8.32. The van der Waals surface area contributed by atoms with Crippen molar-refractivity contribution in [1.82, 2.24) is 19.8 Å². The molecule has 1 aliphatic heterocycles. The fourth-order valence-corrected chi connectivity index (χ4v) is 5.67. The Balaban J connectivity index is 1.62. The lowest BCUT2D eigenvalue weighted by Crippen LogP contribution is -2.43. The SMILES string of the molecule is COCCNC(=O)C1CCN(S(=O)(=O)c2cc(-c3noc(C)n3)cs2)CC1. The molecular formula is C16H22N4O5S2. The Morgan fingerprint density at radius 2 is 2.19 bits per heavy atom. The zero-order valence-corrected chi connectivity index (χ0v) is 16.8. The summed E-state index contributed by atoms with van der Waals surface area (Å²) in [4.78, 5) is 16.2. The number of sulfonamides is 1. The molecule has 1 aliphatic rings. The van der Waals surface area contributed by atoms with Crippen LogP contribution in [-0.4, -0.2) is 62.1 Å². The number of methoxy groups -OCH3 is 1. The Morgan fingerprint density at radius 1 is 1.44 bits per heavy atom. The van der Waals surface area contributed by atoms with Crippen LogP contribution in [0.2, 0.25) is 0 Å². The maximum absolute atomic E-state index is 12.9. The third-order valence-electron chi connectivity index (χ3n) is 4.39. The van der Waals surface area contributed by atoms with E-state index >= 15 is 0 Å². The van der Waals surface area contributed by atoms with Gasteiger partial charge in [-0.3, -0.25) is 4.79 Å². The molecule has 0 aromatic carbocycles. The average Bonchev–Trinajstić information content (AvgIpc) is 3.31. The van der Waals surface area contributed by atoms with Gasteiger partial charge in [0, 0.05) is 50.5 Å². The molecule has 1 N–H and O–H groups in total. The van der Waals surface area contributed by atoms with E-state index in [9.17, 15) is 13.2 Å². The number of nitrogens with one attached hydrogen (secondary N) is 1. The van der Waals surface area contributed by atoms with Crippen molar-refractivity contribution in [3.05, 3.63) is 17.3 Å². The quantitative estimate of drug-likeness (QED) is 0.679. The molecule has 11 heteroatoms. The fraction of sp³-hybridized carbons (Fsp3) is 0.562. The van der Waals surface area contributed by atoms with E-state index in [2.05, 4.69) is 15.5 Å². The largest absolute Gasteiger partial charge is 0.383 e. The van der Waals surface area contributed by atoms with Gasteiger partial charge >= 0.3 is 0 Å². The normalized spacial score (nSPS) is 16.5. The molecule has 3 heterocycles. The molecule has 0 aliphatic carbocycles. The highest BCUT2D eigenvalue weighted by atomic mass is 32.2. The van der Waals surface area contributed by atoms with E-state index in [1.165, 1.54) is 4.31 Å². The monoisotopic (exact) mass is 414 g/mol. The summed E-state index contributed by atoms with van der Waals surface area (Å²) >= 11 is 1.13. The standard InChI is InChI=1S/C16H22N4O5S2/c1-11-18-15(19-25-11)13-9-14(26-10-13)27(22,23)20-6-3-12(4-7-20)16(21)17-5-8-24-2/h9-10,12H,3-8H2,1-2H3,(H,17,21). The van der Waals surface area contributed by atoms with Crippen molar-refractivity contribution in [3.63, 3.8) is 0 Å². The summed E-state index contributed by atoms with van der Waals surface area (Å²) in [5.41, 5.74) is 0.614. The number of rotatable bonds is 7. The molecule has 148 valence electrons. The van der Waals surface area contributed by atoms with Crippen LogP contribution >= 0.6 is 11.3 Å². The van der Waals surface area contributed by atoms with E-state index in [4.69, 9.17) is 9.26 Å². The molecule has 0 bridgehead atoms. The van der Waals surface area contributed by atoms with Crippen molar-refractivity contribution in [2.24, 2.45) is 5.92 Å². The highest BCUT2D eigenvalue weighted by molar-refractivity contribution is 7.91. The minimum absolute atomic E-state index is 0.0463. The van der Waals surface area contributed by atoms with Gasteiger partial charge in [0.2, 0.25) is 17.6 Å². The topological polar surface area (TPSA) is 115 Å². The van der Waals surface area contributed by atoms with Crippen molar-refractivity contribution >= 4 is 27.3 Å². The number of hydrogen-bond acceptors (Lipinski definition) is 8. The Hall–Kier alpha value is -1.82. The van der Waals surface area contributed by atoms with Gasteiger partial charge in [-0.2, -0.15) is 9.29 Å². The first kappa shape index (κ1) is 19.9. The van der Waals surface area contributed by atoms with Crippen LogP contribution in [0.15, 0.2) is 20.2 Å². The van der Waals surface area contributed by atoms with Crippen molar-refractivity contribution in [1.29, 1.82) is 0 Å². The van der Waals surface area contributed by atoms with Crippen LogP contribution in [0, 0.1) is 12.8 Å². The van der Waals surface area contributed by atoms with Crippen LogP contribution in [0.1, 0.15) is 18.7 Å². The van der Waals surface area contributed by atoms with E-state index in [1.54, 1.807) is 25.5 Å². The minimum atomic E-state index is -3.60. The molecule has 9 nitrogen and oxygen atoms in total. The van der Waals surface area contributed by atoms with Crippen LogP contribution in [0.5, 0.6) is 0 Å². The number of amides is 1. The van der Waals surface area contributed by atoms with E-state index in [0.717, 1.165) is 11.3 Å². The second-order valence-electron chi connectivity index (χ2n) is 6.25. The minimum Gasteiger partial charge on any atom is -0.383 e. The van der Waals surface area contributed by atoms with Crippen molar-refractivity contribution in [2.75, 3.05) is 33.4 Å². The summed E-state index contributed by atoms with van der Waals surface area (Å²) < 4.78 is 37.3. The second kappa shape index (κ2) is 8.46. The molecule has 2 aromatic heterocycles. The Morgan fingerprint density at radius 3 is 2.81 bits per heavy atom. The third-order valence-corrected chi connectivity index (χ3v) is 7.70. The van der Waals surface area contributed by atoms with Crippen LogP contribution in [0.25, 0.3) is 11.4 Å². The molecule has 0 saturated carbocycles. The van der Waals surface area contributed by atoms with Crippen molar-refractivity contribution in [3.8, 4) is 11.4 Å². The van der Waals surface area contributed by atoms with Crippen LogP contribution in [0.3, 0.4) is 0 Å². The lowest BCUT2D eigenvalue weighted by Gasteiger charge is -2.30. The number of ether oxygens (including phenoxy) is 1. The van der Waals surface area contributed by atoms with Crippen LogP contribution in [-0.2, 0) is 19.6 Å². The number of carbonyl (C=O) groups excluding carboxylic acids is 1. The molecular weight excluding hydrogens is 392 g/mol. The Kier molecular flexibility index (Phi) is 6.25. The molecule has 27 heavy (non-hydrogen) atoms. The van der Waals surface area contributed by atoms with Crippen LogP contribution in [0.4, 0.5) is 0 Å². The maximum atomic E-state index is 12.9. The number of aromatic nitrogens is 2. The molecule has 0 unspecified atom stereocenters. The first-order valence-corrected chi connectivity index (χ1v) is 10.9. The molecule has 1 saturated heterocycles. The number of piperidine rings is 1. The summed E-state index contributed by atoms with van der Waals surface area (Å²) in [6, 6.07) is 1.56. The van der Waals surface area contributed by atoms with Gasteiger partial charge in [-0.15, -0.1) is 11.3 Å². The van der Waals surface area contributed by atoms with Crippen molar-refractivity contribution < 1.29 is 22.5 Å². The van der Waals surface area contributed by atoms with Crippen LogP contribution < -0.4 is 5.32 Å². The zero-order chi connectivity index (χ0) is 19.4. The molecule has 0 radical (unpaired) electrons. The number of nitrogens with zero attached hydrogens (tertiary/aromatic N) is 3. The Labute approximate surface area is 161 Å². The number of carbonyl (C=O) groups is 1. The predicted molar refractivity (Wildman–Crippen MR) is 98.7 cm³/mol. The zero-order valence-electron chi connectivity index (χ0n) is 15.2. The first-order valence-electron chi connectivity index (χ1n) is 8.58. The fourth-order valence-electron chi connectivity index (χ4n) is 2.89. The summed E-state index contributed by atoms with van der Waals surface area (Å²) in [5.74, 6) is 0.576. The van der Waals surface area contributed by atoms with Gasteiger partial charge in [-0.05, 0) is 18.9 Å². The lowest BCUT2D eigenvalue weighted by molar-refractivity contribution is -0.126.